The smallest absolute Gasteiger partial charge is 0.236 e. The second-order valence-electron chi connectivity index (χ2n) is 5.87. The van der Waals surface area contributed by atoms with Gasteiger partial charge in [-0.05, 0) is 43.8 Å². The fourth-order valence-electron chi connectivity index (χ4n) is 3.03. The Hall–Kier alpha value is -1.66. The monoisotopic (exact) mass is 333 g/mol. The van der Waals surface area contributed by atoms with E-state index in [4.69, 9.17) is 4.42 Å². The first-order valence-electron chi connectivity index (χ1n) is 8.26. The van der Waals surface area contributed by atoms with Crippen molar-refractivity contribution in [1.82, 2.24) is 15.2 Å². The molecule has 5 nitrogen and oxygen atoms in total. The van der Waals surface area contributed by atoms with Crippen LogP contribution in [0.1, 0.15) is 31.9 Å². The van der Waals surface area contributed by atoms with E-state index in [0.717, 1.165) is 43.8 Å². The van der Waals surface area contributed by atoms with Gasteiger partial charge in [0.1, 0.15) is 6.26 Å². The predicted octanol–water partition coefficient (Wildman–Crippen LogP) is 2.94. The first-order chi connectivity index (χ1) is 11.3. The molecule has 1 aliphatic heterocycles. The maximum atomic E-state index is 12.7. The molecule has 1 fully saturated rings. The molecule has 3 rings (SSSR count). The molecule has 0 saturated carbocycles. The summed E-state index contributed by atoms with van der Waals surface area (Å²) in [7, 11) is 0. The van der Waals surface area contributed by atoms with Crippen LogP contribution >= 0.6 is 11.3 Å². The lowest BCUT2D eigenvalue weighted by molar-refractivity contribution is -0.133. The zero-order chi connectivity index (χ0) is 16.1. The van der Waals surface area contributed by atoms with E-state index in [1.54, 1.807) is 17.6 Å². The Morgan fingerprint density at radius 3 is 3.00 bits per heavy atom. The van der Waals surface area contributed by atoms with E-state index in [-0.39, 0.29) is 5.91 Å². The van der Waals surface area contributed by atoms with Crippen molar-refractivity contribution >= 4 is 17.2 Å². The van der Waals surface area contributed by atoms with Gasteiger partial charge in [0, 0.05) is 12.6 Å². The molecule has 0 aromatic carbocycles. The number of carbonyl (C=O) groups excluding carboxylic acids is 1. The minimum absolute atomic E-state index is 0.157. The molecule has 23 heavy (non-hydrogen) atoms. The molecule has 0 unspecified atom stereocenters. The summed E-state index contributed by atoms with van der Waals surface area (Å²) in [5.41, 5.74) is 0.716. The van der Waals surface area contributed by atoms with Gasteiger partial charge >= 0.3 is 0 Å². The summed E-state index contributed by atoms with van der Waals surface area (Å²) in [6.45, 7) is 4.92. The molecule has 1 N–H and O–H groups in total. The molecule has 124 valence electrons. The molecule has 0 aliphatic carbocycles. The molecule has 2 aromatic heterocycles. The van der Waals surface area contributed by atoms with Gasteiger partial charge in [-0.1, -0.05) is 13.0 Å². The van der Waals surface area contributed by atoms with Crippen molar-refractivity contribution in [3.05, 3.63) is 29.5 Å². The van der Waals surface area contributed by atoms with E-state index in [1.165, 1.54) is 0 Å². The van der Waals surface area contributed by atoms with Gasteiger partial charge in [0.15, 0.2) is 0 Å². The van der Waals surface area contributed by atoms with Crippen LogP contribution in [0.25, 0.3) is 10.8 Å². The molecule has 2 aromatic rings. The van der Waals surface area contributed by atoms with E-state index >= 15 is 0 Å². The minimum Gasteiger partial charge on any atom is -0.444 e. The highest BCUT2D eigenvalue weighted by molar-refractivity contribution is 7.13. The van der Waals surface area contributed by atoms with Gasteiger partial charge in [-0.15, -0.1) is 11.3 Å². The molecular weight excluding hydrogens is 310 g/mol. The van der Waals surface area contributed by atoms with Crippen LogP contribution in [0.2, 0.25) is 0 Å². The number of hydrogen-bond acceptors (Lipinski definition) is 5. The average molecular weight is 333 g/mol. The van der Waals surface area contributed by atoms with Crippen molar-refractivity contribution in [2.75, 3.05) is 19.6 Å². The lowest BCUT2D eigenvalue weighted by Crippen LogP contribution is -2.47. The molecule has 0 spiro atoms. The summed E-state index contributed by atoms with van der Waals surface area (Å²) in [6.07, 6.45) is 4.98. The summed E-state index contributed by atoms with van der Waals surface area (Å²) >= 11 is 1.59. The highest BCUT2D eigenvalue weighted by atomic mass is 32.1. The first kappa shape index (κ1) is 16.2. The number of carbonyl (C=O) groups is 1. The van der Waals surface area contributed by atoms with Crippen LogP contribution in [0.15, 0.2) is 28.2 Å². The zero-order valence-electron chi connectivity index (χ0n) is 13.5. The number of nitrogens with zero attached hydrogens (tertiary/aromatic N) is 2. The minimum atomic E-state index is 0.157. The van der Waals surface area contributed by atoms with Gasteiger partial charge < -0.3 is 14.6 Å². The fraction of sp³-hybridized carbons (Fsp3) is 0.529. The Kier molecular flexibility index (Phi) is 5.46. The zero-order valence-corrected chi connectivity index (χ0v) is 14.3. The largest absolute Gasteiger partial charge is 0.444 e. The van der Waals surface area contributed by atoms with Crippen LogP contribution < -0.4 is 5.32 Å². The molecule has 3 heterocycles. The Morgan fingerprint density at radius 1 is 1.48 bits per heavy atom. The second-order valence-corrected chi connectivity index (χ2v) is 6.81. The van der Waals surface area contributed by atoms with Crippen LogP contribution in [-0.2, 0) is 11.2 Å². The molecule has 1 aliphatic rings. The number of aromatic nitrogens is 1. The lowest BCUT2D eigenvalue weighted by Gasteiger charge is -2.34. The maximum absolute atomic E-state index is 12.7. The molecule has 1 saturated heterocycles. The quantitative estimate of drug-likeness (QED) is 0.883. The number of amides is 1. The Labute approximate surface area is 140 Å². The summed E-state index contributed by atoms with van der Waals surface area (Å²) in [4.78, 5) is 20.2. The highest BCUT2D eigenvalue weighted by Gasteiger charge is 2.25. The SMILES string of the molecule is CCCN(C(=O)Cc1coc(-c2cccs2)n1)C1CCNCC1. The molecule has 0 atom stereocenters. The summed E-state index contributed by atoms with van der Waals surface area (Å²) in [5.74, 6) is 0.761. The maximum Gasteiger partial charge on any atom is 0.236 e. The summed E-state index contributed by atoms with van der Waals surface area (Å²) in [5, 5.41) is 5.35. The van der Waals surface area contributed by atoms with Crippen LogP contribution in [-0.4, -0.2) is 41.5 Å². The molecule has 1 amide bonds. The Balaban J connectivity index is 1.66. The van der Waals surface area contributed by atoms with E-state index in [2.05, 4.69) is 17.2 Å². The van der Waals surface area contributed by atoms with Crippen molar-refractivity contribution < 1.29 is 9.21 Å². The molecule has 0 radical (unpaired) electrons. The summed E-state index contributed by atoms with van der Waals surface area (Å²) < 4.78 is 5.51. The van der Waals surface area contributed by atoms with Crippen molar-refractivity contribution in [3.63, 3.8) is 0 Å². The lowest BCUT2D eigenvalue weighted by atomic mass is 10.0. The summed E-state index contributed by atoms with van der Waals surface area (Å²) in [6, 6.07) is 4.29. The van der Waals surface area contributed by atoms with Gasteiger partial charge in [0.05, 0.1) is 17.0 Å². The van der Waals surface area contributed by atoms with Crippen molar-refractivity contribution in [2.45, 2.75) is 38.6 Å². The third kappa shape index (κ3) is 4.00. The van der Waals surface area contributed by atoms with E-state index in [9.17, 15) is 4.79 Å². The second kappa shape index (κ2) is 7.75. The molecule has 0 bridgehead atoms. The fourth-order valence-corrected chi connectivity index (χ4v) is 3.68. The van der Waals surface area contributed by atoms with Crippen LogP contribution in [0.4, 0.5) is 0 Å². The van der Waals surface area contributed by atoms with Gasteiger partial charge in [-0.25, -0.2) is 4.98 Å². The third-order valence-corrected chi connectivity index (χ3v) is 5.01. The van der Waals surface area contributed by atoms with Crippen molar-refractivity contribution in [1.29, 1.82) is 0 Å². The number of piperidine rings is 1. The normalized spacial score (nSPS) is 15.7. The van der Waals surface area contributed by atoms with Crippen LogP contribution in [0, 0.1) is 0 Å². The van der Waals surface area contributed by atoms with Gasteiger partial charge in [-0.3, -0.25) is 4.79 Å². The van der Waals surface area contributed by atoms with Crippen LogP contribution in [0.3, 0.4) is 0 Å². The number of rotatable bonds is 6. The highest BCUT2D eigenvalue weighted by Crippen LogP contribution is 2.24. The standard InChI is InChI=1S/C17H23N3O2S/c1-2-9-20(14-5-7-18-8-6-14)16(21)11-13-12-22-17(19-13)15-4-3-10-23-15/h3-4,10,12,14,18H,2,5-9,11H2,1H3. The van der Waals surface area contributed by atoms with E-state index in [1.807, 2.05) is 22.4 Å². The molecule has 6 heteroatoms. The number of nitrogens with one attached hydrogen (secondary N) is 1. The van der Waals surface area contributed by atoms with Crippen LogP contribution in [0.5, 0.6) is 0 Å². The van der Waals surface area contributed by atoms with E-state index in [0.29, 0.717) is 24.0 Å². The van der Waals surface area contributed by atoms with E-state index < -0.39 is 0 Å². The van der Waals surface area contributed by atoms with Gasteiger partial charge in [0.25, 0.3) is 0 Å². The van der Waals surface area contributed by atoms with Gasteiger partial charge in [0.2, 0.25) is 11.8 Å². The van der Waals surface area contributed by atoms with Gasteiger partial charge in [-0.2, -0.15) is 0 Å². The Bertz CT molecular complexity index is 618. The molecular formula is C17H23N3O2S. The number of hydrogen-bond donors (Lipinski definition) is 1. The van der Waals surface area contributed by atoms with Crippen molar-refractivity contribution in [3.8, 4) is 10.8 Å². The topological polar surface area (TPSA) is 58.4 Å². The Morgan fingerprint density at radius 2 is 2.30 bits per heavy atom. The number of oxazole rings is 1. The third-order valence-electron chi connectivity index (χ3n) is 4.15. The first-order valence-corrected chi connectivity index (χ1v) is 9.14. The predicted molar refractivity (Wildman–Crippen MR) is 91.4 cm³/mol. The number of thiophene rings is 1. The van der Waals surface area contributed by atoms with Crippen molar-refractivity contribution in [2.24, 2.45) is 0 Å². The average Bonchev–Trinajstić information content (AvgIpc) is 3.24.